The Morgan fingerprint density at radius 3 is 2.76 bits per heavy atom. The zero-order valence-electron chi connectivity index (χ0n) is 12.9. The van der Waals surface area contributed by atoms with E-state index in [1.165, 1.54) is 30.9 Å². The summed E-state index contributed by atoms with van der Waals surface area (Å²) < 4.78 is 10.7. The molecule has 114 valence electrons. The second kappa shape index (κ2) is 6.08. The highest BCUT2D eigenvalue weighted by Gasteiger charge is 2.34. The standard InChI is InChI=1S/C18H24O3/c1-12(19)21-18-8-6-16(11-18)13-3-4-15-10-17(20-2)7-5-14(15)9-13/h5,7,10,13,16,18H,3-4,6,8-9,11H2,1-2H3/t13-,16-,18+/m0/s1. The molecular formula is C18H24O3. The minimum absolute atomic E-state index is 0.137. The average molecular weight is 288 g/mol. The third-order valence-electron chi connectivity index (χ3n) is 5.10. The first-order valence-corrected chi connectivity index (χ1v) is 7.98. The SMILES string of the molecule is COc1ccc2c(c1)CC[C@H]([C@H]1CC[C@@H](OC(C)=O)C1)C2. The third kappa shape index (κ3) is 3.22. The van der Waals surface area contributed by atoms with Crippen molar-refractivity contribution in [3.8, 4) is 5.75 Å². The van der Waals surface area contributed by atoms with Gasteiger partial charge in [0.05, 0.1) is 7.11 Å². The Morgan fingerprint density at radius 2 is 2.00 bits per heavy atom. The number of carbonyl (C=O) groups is 1. The van der Waals surface area contributed by atoms with Gasteiger partial charge in [0.2, 0.25) is 0 Å². The lowest BCUT2D eigenvalue weighted by Gasteiger charge is -2.29. The van der Waals surface area contributed by atoms with Gasteiger partial charge in [0, 0.05) is 6.92 Å². The molecule has 0 radical (unpaired) electrons. The summed E-state index contributed by atoms with van der Waals surface area (Å²) in [6.45, 7) is 1.51. The zero-order chi connectivity index (χ0) is 14.8. The van der Waals surface area contributed by atoms with Crippen LogP contribution < -0.4 is 4.74 Å². The number of hydrogen-bond donors (Lipinski definition) is 0. The van der Waals surface area contributed by atoms with E-state index in [1.54, 1.807) is 7.11 Å². The molecule has 0 N–H and O–H groups in total. The fourth-order valence-electron chi connectivity index (χ4n) is 4.03. The molecule has 1 fully saturated rings. The summed E-state index contributed by atoms with van der Waals surface area (Å²) in [4.78, 5) is 11.1. The van der Waals surface area contributed by atoms with Crippen molar-refractivity contribution in [2.24, 2.45) is 11.8 Å². The van der Waals surface area contributed by atoms with Crippen molar-refractivity contribution in [3.63, 3.8) is 0 Å². The summed E-state index contributed by atoms with van der Waals surface area (Å²) in [5.41, 5.74) is 2.92. The van der Waals surface area contributed by atoms with E-state index in [9.17, 15) is 4.79 Å². The Labute approximate surface area is 126 Å². The van der Waals surface area contributed by atoms with E-state index < -0.39 is 0 Å². The van der Waals surface area contributed by atoms with Crippen molar-refractivity contribution in [1.29, 1.82) is 0 Å². The molecule has 0 heterocycles. The summed E-state index contributed by atoms with van der Waals surface area (Å²) in [6, 6.07) is 6.47. The van der Waals surface area contributed by atoms with Gasteiger partial charge in [-0.25, -0.2) is 0 Å². The topological polar surface area (TPSA) is 35.5 Å². The molecule has 3 nitrogen and oxygen atoms in total. The number of esters is 1. The minimum atomic E-state index is -0.137. The highest BCUT2D eigenvalue weighted by Crippen LogP contribution is 2.40. The predicted molar refractivity (Wildman–Crippen MR) is 81.4 cm³/mol. The first-order valence-electron chi connectivity index (χ1n) is 7.98. The number of benzene rings is 1. The van der Waals surface area contributed by atoms with Crippen LogP contribution in [0.3, 0.4) is 0 Å². The van der Waals surface area contributed by atoms with Crippen LogP contribution in [0, 0.1) is 11.8 Å². The van der Waals surface area contributed by atoms with Gasteiger partial charge in [0.1, 0.15) is 11.9 Å². The molecule has 0 aromatic heterocycles. The largest absolute Gasteiger partial charge is 0.497 e. The van der Waals surface area contributed by atoms with Crippen molar-refractivity contribution < 1.29 is 14.3 Å². The summed E-state index contributed by atoms with van der Waals surface area (Å²) in [7, 11) is 1.72. The van der Waals surface area contributed by atoms with Crippen molar-refractivity contribution >= 4 is 5.97 Å². The Kier molecular flexibility index (Phi) is 4.18. The van der Waals surface area contributed by atoms with Gasteiger partial charge in [-0.15, -0.1) is 0 Å². The second-order valence-electron chi connectivity index (χ2n) is 6.44. The van der Waals surface area contributed by atoms with Crippen LogP contribution in [-0.2, 0) is 22.4 Å². The highest BCUT2D eigenvalue weighted by atomic mass is 16.5. The molecule has 3 atom stereocenters. The summed E-state index contributed by atoms with van der Waals surface area (Å²) in [5.74, 6) is 2.28. The number of methoxy groups -OCH3 is 1. The summed E-state index contributed by atoms with van der Waals surface area (Å²) in [5, 5.41) is 0. The Morgan fingerprint density at radius 1 is 1.14 bits per heavy atom. The molecule has 1 aromatic carbocycles. The minimum Gasteiger partial charge on any atom is -0.497 e. The lowest BCUT2D eigenvalue weighted by Crippen LogP contribution is -2.22. The molecule has 1 aromatic rings. The zero-order valence-corrected chi connectivity index (χ0v) is 12.9. The van der Waals surface area contributed by atoms with Crippen LogP contribution in [0.1, 0.15) is 43.7 Å². The van der Waals surface area contributed by atoms with Crippen molar-refractivity contribution in [1.82, 2.24) is 0 Å². The summed E-state index contributed by atoms with van der Waals surface area (Å²) >= 11 is 0. The molecular weight excluding hydrogens is 264 g/mol. The van der Waals surface area contributed by atoms with Crippen LogP contribution in [0.2, 0.25) is 0 Å². The van der Waals surface area contributed by atoms with Gasteiger partial charge < -0.3 is 9.47 Å². The third-order valence-corrected chi connectivity index (χ3v) is 5.10. The average Bonchev–Trinajstić information content (AvgIpc) is 2.93. The molecule has 21 heavy (non-hydrogen) atoms. The van der Waals surface area contributed by atoms with Gasteiger partial charge in [-0.05, 0) is 73.6 Å². The van der Waals surface area contributed by atoms with Gasteiger partial charge >= 0.3 is 5.97 Å². The smallest absolute Gasteiger partial charge is 0.302 e. The number of ether oxygens (including phenoxy) is 2. The maximum atomic E-state index is 11.1. The fraction of sp³-hybridized carbons (Fsp3) is 0.611. The molecule has 3 heteroatoms. The van der Waals surface area contributed by atoms with Crippen molar-refractivity contribution in [3.05, 3.63) is 29.3 Å². The Hall–Kier alpha value is -1.51. The van der Waals surface area contributed by atoms with Gasteiger partial charge in [0.25, 0.3) is 0 Å². The first kappa shape index (κ1) is 14.4. The Balaban J connectivity index is 1.63. The number of aryl methyl sites for hydroxylation is 1. The number of fused-ring (bicyclic) bond motifs is 1. The maximum Gasteiger partial charge on any atom is 0.302 e. The molecule has 0 bridgehead atoms. The molecule has 2 aliphatic rings. The predicted octanol–water partition coefficient (Wildman–Crippen LogP) is 3.53. The molecule has 3 rings (SSSR count). The van der Waals surface area contributed by atoms with Crippen molar-refractivity contribution in [2.45, 2.75) is 51.6 Å². The normalized spacial score (nSPS) is 28.0. The van der Waals surface area contributed by atoms with Gasteiger partial charge in [0.15, 0.2) is 0 Å². The number of hydrogen-bond acceptors (Lipinski definition) is 3. The van der Waals surface area contributed by atoms with E-state index in [0.717, 1.165) is 37.4 Å². The quantitative estimate of drug-likeness (QED) is 0.798. The fourth-order valence-corrected chi connectivity index (χ4v) is 4.03. The van der Waals surface area contributed by atoms with Crippen LogP contribution >= 0.6 is 0 Å². The van der Waals surface area contributed by atoms with Gasteiger partial charge in [-0.1, -0.05) is 6.07 Å². The molecule has 2 aliphatic carbocycles. The maximum absolute atomic E-state index is 11.1. The molecule has 0 unspecified atom stereocenters. The van der Waals surface area contributed by atoms with E-state index in [0.29, 0.717) is 5.92 Å². The van der Waals surface area contributed by atoms with E-state index in [-0.39, 0.29) is 12.1 Å². The first-order chi connectivity index (χ1) is 10.2. The van der Waals surface area contributed by atoms with E-state index >= 15 is 0 Å². The molecule has 0 spiro atoms. The molecule has 0 amide bonds. The molecule has 1 saturated carbocycles. The van der Waals surface area contributed by atoms with Gasteiger partial charge in [-0.2, -0.15) is 0 Å². The van der Waals surface area contributed by atoms with E-state index in [1.807, 2.05) is 0 Å². The molecule has 0 saturated heterocycles. The van der Waals surface area contributed by atoms with Crippen LogP contribution in [0.15, 0.2) is 18.2 Å². The molecule has 0 aliphatic heterocycles. The highest BCUT2D eigenvalue weighted by molar-refractivity contribution is 5.66. The number of carbonyl (C=O) groups excluding carboxylic acids is 1. The lowest BCUT2D eigenvalue weighted by molar-refractivity contribution is -0.146. The summed E-state index contributed by atoms with van der Waals surface area (Å²) in [6.07, 6.45) is 7.00. The van der Waals surface area contributed by atoms with Crippen LogP contribution in [0.5, 0.6) is 5.75 Å². The second-order valence-corrected chi connectivity index (χ2v) is 6.44. The van der Waals surface area contributed by atoms with Crippen LogP contribution in [-0.4, -0.2) is 19.2 Å². The van der Waals surface area contributed by atoms with Crippen LogP contribution in [0.25, 0.3) is 0 Å². The van der Waals surface area contributed by atoms with E-state index in [2.05, 4.69) is 18.2 Å². The lowest BCUT2D eigenvalue weighted by atomic mass is 9.76. The monoisotopic (exact) mass is 288 g/mol. The van der Waals surface area contributed by atoms with Crippen molar-refractivity contribution in [2.75, 3.05) is 7.11 Å². The number of rotatable bonds is 3. The van der Waals surface area contributed by atoms with Gasteiger partial charge in [-0.3, -0.25) is 4.79 Å². The van der Waals surface area contributed by atoms with Crippen LogP contribution in [0.4, 0.5) is 0 Å². The van der Waals surface area contributed by atoms with E-state index in [4.69, 9.17) is 9.47 Å². The Bertz CT molecular complexity index is 523.